The van der Waals surface area contributed by atoms with Crippen molar-refractivity contribution in [2.24, 2.45) is 0 Å². The van der Waals surface area contributed by atoms with Crippen molar-refractivity contribution in [3.8, 4) is 55.6 Å². The first kappa shape index (κ1) is 37.5. The zero-order valence-corrected chi connectivity index (χ0v) is 36.6. The van der Waals surface area contributed by atoms with Crippen molar-refractivity contribution in [1.29, 1.82) is 0 Å². The molecule has 1 nitrogen and oxygen atoms in total. The minimum Gasteiger partial charge on any atom is -0.456 e. The molecular formula is C64H44O. The average Bonchev–Trinajstić information content (AvgIpc) is 3.72. The van der Waals surface area contributed by atoms with E-state index in [1.165, 1.54) is 109 Å². The van der Waals surface area contributed by atoms with Gasteiger partial charge in [0.25, 0.3) is 0 Å². The molecule has 1 heterocycles. The van der Waals surface area contributed by atoms with E-state index in [1.54, 1.807) is 0 Å². The molecule has 1 heteroatoms. The van der Waals surface area contributed by atoms with Crippen LogP contribution in [0.1, 0.15) is 26.3 Å². The van der Waals surface area contributed by atoms with Crippen molar-refractivity contribution in [2.45, 2.75) is 26.2 Å². The lowest BCUT2D eigenvalue weighted by Gasteiger charge is -2.25. The second kappa shape index (κ2) is 14.3. The summed E-state index contributed by atoms with van der Waals surface area (Å²) in [5.74, 6) is 0. The van der Waals surface area contributed by atoms with E-state index in [1.807, 2.05) is 0 Å². The van der Waals surface area contributed by atoms with Gasteiger partial charge in [0.2, 0.25) is 0 Å². The SMILES string of the molecule is CC(C)(C)c1ccc(-c2cc(-c3cc4cccc5ccc6cccc3c6c54)cc(-c3ccc4oc5ccccc5c4c3)c2-c2c3ccccc3c(-c3ccccc3)c3ccccc23)cc1. The van der Waals surface area contributed by atoms with Crippen molar-refractivity contribution in [3.05, 3.63) is 218 Å². The van der Waals surface area contributed by atoms with E-state index in [4.69, 9.17) is 4.42 Å². The van der Waals surface area contributed by atoms with Crippen molar-refractivity contribution < 1.29 is 4.42 Å². The zero-order chi connectivity index (χ0) is 43.4. The lowest BCUT2D eigenvalue weighted by atomic mass is 9.78. The maximum atomic E-state index is 6.46. The Labute approximate surface area is 378 Å². The summed E-state index contributed by atoms with van der Waals surface area (Å²) in [6.07, 6.45) is 0. The third kappa shape index (κ3) is 5.86. The Morgan fingerprint density at radius 1 is 0.292 bits per heavy atom. The van der Waals surface area contributed by atoms with Crippen molar-refractivity contribution in [2.75, 3.05) is 0 Å². The fourth-order valence-corrected chi connectivity index (χ4v) is 10.9. The Balaban J connectivity index is 1.22. The monoisotopic (exact) mass is 828 g/mol. The van der Waals surface area contributed by atoms with Gasteiger partial charge in [0.15, 0.2) is 0 Å². The predicted molar refractivity (Wildman–Crippen MR) is 278 cm³/mol. The van der Waals surface area contributed by atoms with E-state index in [9.17, 15) is 0 Å². The summed E-state index contributed by atoms with van der Waals surface area (Å²) in [5.41, 5.74) is 15.1. The number of fused-ring (bicyclic) bond motifs is 5. The fraction of sp³-hybridized carbons (Fsp3) is 0.0625. The highest BCUT2D eigenvalue weighted by Crippen LogP contribution is 2.52. The molecule has 0 atom stereocenters. The number of rotatable bonds is 5. The quantitative estimate of drug-likeness (QED) is 0.124. The van der Waals surface area contributed by atoms with Crippen LogP contribution in [0.2, 0.25) is 0 Å². The molecule has 1 aromatic heterocycles. The molecule has 13 rings (SSSR count). The van der Waals surface area contributed by atoms with E-state index in [-0.39, 0.29) is 5.41 Å². The maximum Gasteiger partial charge on any atom is 0.135 e. The second-order valence-electron chi connectivity index (χ2n) is 18.8. The van der Waals surface area contributed by atoms with E-state index >= 15 is 0 Å². The molecule has 0 N–H and O–H groups in total. The molecule has 0 unspecified atom stereocenters. The molecule has 0 aliphatic heterocycles. The van der Waals surface area contributed by atoms with Gasteiger partial charge in [0.05, 0.1) is 0 Å². The zero-order valence-electron chi connectivity index (χ0n) is 36.6. The Hall–Kier alpha value is -8.00. The Morgan fingerprint density at radius 3 is 1.52 bits per heavy atom. The predicted octanol–water partition coefficient (Wildman–Crippen LogP) is 18.4. The van der Waals surface area contributed by atoms with Gasteiger partial charge in [-0.05, 0) is 157 Å². The molecule has 13 aromatic rings. The summed E-state index contributed by atoms with van der Waals surface area (Å²) in [6.45, 7) is 6.88. The molecule has 0 aliphatic carbocycles. The van der Waals surface area contributed by atoms with Crippen LogP contribution in [0.3, 0.4) is 0 Å². The Kier molecular flexibility index (Phi) is 8.24. The van der Waals surface area contributed by atoms with Crippen LogP contribution in [0.5, 0.6) is 0 Å². The highest BCUT2D eigenvalue weighted by molar-refractivity contribution is 6.27. The lowest BCUT2D eigenvalue weighted by molar-refractivity contribution is 0.590. The normalized spacial score (nSPS) is 12.2. The van der Waals surface area contributed by atoms with Gasteiger partial charge in [-0.3, -0.25) is 0 Å². The van der Waals surface area contributed by atoms with E-state index in [0.717, 1.165) is 27.5 Å². The van der Waals surface area contributed by atoms with Gasteiger partial charge in [0, 0.05) is 10.8 Å². The third-order valence-electron chi connectivity index (χ3n) is 14.0. The van der Waals surface area contributed by atoms with Gasteiger partial charge in [-0.15, -0.1) is 0 Å². The van der Waals surface area contributed by atoms with Crippen LogP contribution >= 0.6 is 0 Å². The summed E-state index contributed by atoms with van der Waals surface area (Å²) in [5, 5.41) is 14.8. The summed E-state index contributed by atoms with van der Waals surface area (Å²) >= 11 is 0. The third-order valence-corrected chi connectivity index (χ3v) is 14.0. The van der Waals surface area contributed by atoms with Crippen LogP contribution in [0.4, 0.5) is 0 Å². The summed E-state index contributed by atoms with van der Waals surface area (Å²) < 4.78 is 6.46. The van der Waals surface area contributed by atoms with Crippen LogP contribution in [-0.4, -0.2) is 0 Å². The highest BCUT2D eigenvalue weighted by Gasteiger charge is 2.25. The van der Waals surface area contributed by atoms with Crippen LogP contribution in [0.15, 0.2) is 217 Å². The number of hydrogen-bond donors (Lipinski definition) is 0. The molecular weight excluding hydrogens is 785 g/mol. The first-order valence-corrected chi connectivity index (χ1v) is 22.7. The van der Waals surface area contributed by atoms with Crippen LogP contribution in [0, 0.1) is 0 Å². The first-order valence-electron chi connectivity index (χ1n) is 22.7. The fourth-order valence-electron chi connectivity index (χ4n) is 10.9. The van der Waals surface area contributed by atoms with E-state index in [2.05, 4.69) is 233 Å². The van der Waals surface area contributed by atoms with Gasteiger partial charge < -0.3 is 4.42 Å². The van der Waals surface area contributed by atoms with Crippen LogP contribution < -0.4 is 0 Å². The second-order valence-corrected chi connectivity index (χ2v) is 18.8. The summed E-state index contributed by atoms with van der Waals surface area (Å²) in [4.78, 5) is 0. The standard InChI is InChI=1S/C64H44O/c1-64(2,3)46-32-29-39(30-33-46)54-37-45(53-36-44-19-13-17-41-27-28-42-18-14-25-52(53)61(42)59(41)44)38-55(43-31-34-58-56(35-43)47-20-11-12-26-57(47)65-58)63(54)62-50-23-9-7-21-48(50)60(40-15-5-4-6-16-40)49-22-8-10-24-51(49)62/h4-38H,1-3H3. The minimum atomic E-state index is 0.0107. The van der Waals surface area contributed by atoms with Crippen molar-refractivity contribution >= 4 is 75.8 Å². The number of para-hydroxylation sites is 1. The van der Waals surface area contributed by atoms with Gasteiger partial charge in [-0.25, -0.2) is 0 Å². The Morgan fingerprint density at radius 2 is 0.831 bits per heavy atom. The highest BCUT2D eigenvalue weighted by atomic mass is 16.3. The number of benzene rings is 12. The lowest BCUT2D eigenvalue weighted by Crippen LogP contribution is -2.10. The maximum absolute atomic E-state index is 6.46. The average molecular weight is 829 g/mol. The molecule has 0 amide bonds. The number of hydrogen-bond acceptors (Lipinski definition) is 1. The van der Waals surface area contributed by atoms with Gasteiger partial charge >= 0.3 is 0 Å². The van der Waals surface area contributed by atoms with Crippen molar-refractivity contribution in [3.63, 3.8) is 0 Å². The summed E-state index contributed by atoms with van der Waals surface area (Å²) in [6, 6.07) is 79.1. The molecule has 0 saturated carbocycles. The minimum absolute atomic E-state index is 0.0107. The molecule has 0 fully saturated rings. The Bertz CT molecular complexity index is 3950. The van der Waals surface area contributed by atoms with Gasteiger partial charge in [0.1, 0.15) is 11.2 Å². The molecule has 12 aromatic carbocycles. The smallest absolute Gasteiger partial charge is 0.135 e. The molecule has 306 valence electrons. The molecule has 0 bridgehead atoms. The van der Waals surface area contributed by atoms with Gasteiger partial charge in [-0.2, -0.15) is 0 Å². The first-order chi connectivity index (χ1) is 31.9. The number of furan rings is 1. The molecule has 65 heavy (non-hydrogen) atoms. The van der Waals surface area contributed by atoms with Crippen LogP contribution in [-0.2, 0) is 5.41 Å². The van der Waals surface area contributed by atoms with E-state index < -0.39 is 0 Å². The van der Waals surface area contributed by atoms with Gasteiger partial charge in [-0.1, -0.05) is 197 Å². The topological polar surface area (TPSA) is 13.1 Å². The molecule has 0 aliphatic rings. The van der Waals surface area contributed by atoms with E-state index in [0.29, 0.717) is 0 Å². The summed E-state index contributed by atoms with van der Waals surface area (Å²) in [7, 11) is 0. The molecule has 0 spiro atoms. The molecule has 0 saturated heterocycles. The van der Waals surface area contributed by atoms with Crippen LogP contribution in [0.25, 0.3) is 131 Å². The molecule has 0 radical (unpaired) electrons. The van der Waals surface area contributed by atoms with Crippen molar-refractivity contribution in [1.82, 2.24) is 0 Å². The largest absolute Gasteiger partial charge is 0.456 e.